The highest BCUT2D eigenvalue weighted by atomic mass is 35.5. The topological polar surface area (TPSA) is 324 Å². The molecule has 0 spiro atoms. The van der Waals surface area contributed by atoms with E-state index in [-0.39, 0.29) is 113 Å². The maximum atomic E-state index is 13.9. The standard InChI is InChI=1S/2C31H37ClFN5O4.C29H33ClFN5O4/c2*1-30(2,3)21-15-24(20-10-11-23(33)22(32)14-20)35-38-16-25(34-26(21)38)28(40)37-13-12-36(17-31(37,4)5)27(39)18-6-8-19(9-7-18)29(41)42;1-28(2,3)19-13-22(16-6-7-21(31)20(30)12-16)33-36-14-23(32-24(19)36)26(38)35-9-8-34(15-29(35,4)5)25(37)17-10-18(11-17)27(39)40/h2*10-11,14-16,18-19H,6-9,12-13,17H2,1-5H3,(H,41,42);6-7,12-14,17-18H,8-11,15H2,1-5H3,(H,39,40). The largest absolute Gasteiger partial charge is 0.481 e. The van der Waals surface area contributed by atoms with Crippen molar-refractivity contribution >= 4 is 105 Å². The van der Waals surface area contributed by atoms with E-state index in [1.807, 2.05) is 132 Å². The van der Waals surface area contributed by atoms with Crippen molar-refractivity contribution < 1.29 is 71.6 Å². The van der Waals surface area contributed by atoms with Crippen LogP contribution in [0.5, 0.6) is 0 Å². The number of piperazine rings is 3. The minimum Gasteiger partial charge on any atom is -0.481 e. The third kappa shape index (κ3) is 19.1. The highest BCUT2D eigenvalue weighted by molar-refractivity contribution is 6.31. The zero-order valence-corrected chi connectivity index (χ0v) is 74.8. The van der Waals surface area contributed by atoms with Gasteiger partial charge < -0.3 is 44.7 Å². The van der Waals surface area contributed by atoms with E-state index < -0.39 is 57.9 Å². The number of benzene rings is 3. The lowest BCUT2D eigenvalue weighted by atomic mass is 9.74. The molecule has 15 rings (SSSR count). The summed E-state index contributed by atoms with van der Waals surface area (Å²) >= 11 is 18.1. The van der Waals surface area contributed by atoms with Gasteiger partial charge >= 0.3 is 17.9 Å². The summed E-state index contributed by atoms with van der Waals surface area (Å²) < 4.78 is 46.2. The Morgan fingerprint density at radius 1 is 0.363 bits per heavy atom. The molecule has 3 saturated carbocycles. The van der Waals surface area contributed by atoms with Gasteiger partial charge in [-0.05, 0) is 195 Å². The Balaban J connectivity index is 0.000000160. The van der Waals surface area contributed by atoms with E-state index in [1.54, 1.807) is 69.9 Å². The van der Waals surface area contributed by atoms with Crippen molar-refractivity contribution in [3.63, 3.8) is 0 Å². The minimum absolute atomic E-state index is 0.000927. The monoisotopic (exact) mass is 1760 g/mol. The molecular formula is C91H107Cl3F3N15O12. The predicted molar refractivity (Wildman–Crippen MR) is 461 cm³/mol. The molecule has 6 amide bonds. The summed E-state index contributed by atoms with van der Waals surface area (Å²) in [7, 11) is 0. The predicted octanol–water partition coefficient (Wildman–Crippen LogP) is 15.5. The first-order valence-electron chi connectivity index (χ1n) is 42.1. The second-order valence-electron chi connectivity index (χ2n) is 38.7. The van der Waals surface area contributed by atoms with Gasteiger partial charge in [-0.2, -0.15) is 15.3 Å². The number of rotatable bonds is 12. The summed E-state index contributed by atoms with van der Waals surface area (Å²) in [6.07, 6.45) is 9.94. The molecule has 124 heavy (non-hydrogen) atoms. The molecule has 0 atom stereocenters. The van der Waals surface area contributed by atoms with E-state index in [0.29, 0.717) is 174 Å². The van der Waals surface area contributed by atoms with E-state index in [4.69, 9.17) is 65.1 Å². The third-order valence-corrected chi connectivity index (χ3v) is 25.9. The Labute approximate surface area is 732 Å². The molecule has 6 fully saturated rings. The number of amides is 6. The summed E-state index contributed by atoms with van der Waals surface area (Å²) in [5, 5.41) is 41.8. The molecule has 0 radical (unpaired) electrons. The second kappa shape index (κ2) is 34.7. The summed E-state index contributed by atoms with van der Waals surface area (Å²) in [5.74, 6) is -6.51. The SMILES string of the molecule is CC(C)(C)c1cc(-c2ccc(F)c(Cl)c2)nn2cc(C(=O)N3CCN(C(=O)C4CC(C(=O)O)C4)CC3(C)C)nc12.CC(C)(C)c1cc(-c2ccc(F)c(Cl)c2)nn2cc(C(=O)N3CCN(C(=O)C4CCC(C(=O)O)CC4)CC3(C)C)nc12.CC(C)(C)c1cc(-c2ccc(F)c(Cl)c2)nn2cc(C(=O)N3CCN(C(=O)C4CCC(C(=O)O)CC4)CC3(C)C)nc12. The first-order chi connectivity index (χ1) is 58.0. The van der Waals surface area contributed by atoms with Crippen molar-refractivity contribution in [1.29, 1.82) is 0 Å². The maximum Gasteiger partial charge on any atom is 0.306 e. The molecule has 3 saturated heterocycles. The number of hydrogen-bond donors (Lipinski definition) is 3. The Kier molecular flexibility index (Phi) is 25.5. The number of imidazole rings is 3. The number of nitrogens with zero attached hydrogens (tertiary/aromatic N) is 15. The number of carboxylic acid groups (broad SMARTS) is 3. The van der Waals surface area contributed by atoms with Crippen molar-refractivity contribution in [2.24, 2.45) is 35.5 Å². The Morgan fingerprint density at radius 2 is 0.613 bits per heavy atom. The number of carbonyl (C=O) groups excluding carboxylic acids is 6. The first kappa shape index (κ1) is 91.1. The fraction of sp³-hybridized carbons (Fsp3) is 0.505. The average molecular weight is 1770 g/mol. The third-order valence-electron chi connectivity index (χ3n) is 25.1. The van der Waals surface area contributed by atoms with E-state index in [1.165, 1.54) is 36.4 Å². The molecule has 0 bridgehead atoms. The van der Waals surface area contributed by atoms with E-state index >= 15 is 0 Å². The maximum absolute atomic E-state index is 13.9. The van der Waals surface area contributed by atoms with Crippen molar-refractivity contribution in [2.75, 3.05) is 58.9 Å². The normalized spacial score (nSPS) is 21.0. The van der Waals surface area contributed by atoms with Crippen LogP contribution in [0.15, 0.2) is 91.4 Å². The van der Waals surface area contributed by atoms with Crippen LogP contribution in [0.25, 0.3) is 50.7 Å². The smallest absolute Gasteiger partial charge is 0.306 e. The van der Waals surface area contributed by atoms with Gasteiger partial charge in [0.2, 0.25) is 17.7 Å². The van der Waals surface area contributed by atoms with Crippen LogP contribution >= 0.6 is 34.8 Å². The molecule has 27 nitrogen and oxygen atoms in total. The molecule has 9 aromatic rings. The van der Waals surface area contributed by atoms with Gasteiger partial charge in [0.15, 0.2) is 16.9 Å². The van der Waals surface area contributed by atoms with Crippen LogP contribution in [0.1, 0.15) is 216 Å². The van der Waals surface area contributed by atoms with Gasteiger partial charge in [0.05, 0.1) is 85.1 Å². The Bertz CT molecular complexity index is 5490. The molecule has 660 valence electrons. The highest BCUT2D eigenvalue weighted by Crippen LogP contribution is 2.41. The summed E-state index contributed by atoms with van der Waals surface area (Å²) in [4.78, 5) is 140. The van der Waals surface area contributed by atoms with Crippen molar-refractivity contribution in [2.45, 2.75) is 201 Å². The number of fused-ring (bicyclic) bond motifs is 3. The minimum atomic E-state index is -0.857. The van der Waals surface area contributed by atoms with E-state index in [2.05, 4.69) is 5.10 Å². The average Bonchev–Trinajstić information content (AvgIpc) is 1.60. The molecule has 3 N–H and O–H groups in total. The van der Waals surface area contributed by atoms with E-state index in [9.17, 15) is 66.5 Å². The highest BCUT2D eigenvalue weighted by Gasteiger charge is 2.48. The number of aliphatic carboxylic acids is 3. The molecule has 3 aromatic carbocycles. The van der Waals surface area contributed by atoms with Crippen molar-refractivity contribution in [3.05, 3.63) is 158 Å². The van der Waals surface area contributed by atoms with Crippen LogP contribution in [-0.4, -0.2) is 217 Å². The number of halogens is 6. The number of aromatic nitrogens is 9. The van der Waals surface area contributed by atoms with Crippen LogP contribution in [0.2, 0.25) is 15.1 Å². The van der Waals surface area contributed by atoms with Gasteiger partial charge in [-0.25, -0.2) is 41.7 Å². The second-order valence-corrected chi connectivity index (χ2v) is 39.9. The molecule has 3 aliphatic carbocycles. The van der Waals surface area contributed by atoms with Crippen LogP contribution in [-0.2, 0) is 45.0 Å². The lowest BCUT2D eigenvalue weighted by molar-refractivity contribution is -0.153. The summed E-state index contributed by atoms with van der Waals surface area (Å²) in [6, 6.07) is 19.0. The summed E-state index contributed by atoms with van der Waals surface area (Å²) in [5.41, 5.74) is 5.76. The zero-order chi connectivity index (χ0) is 90.3. The fourth-order valence-corrected chi connectivity index (χ4v) is 18.4. The Morgan fingerprint density at radius 3 is 0.847 bits per heavy atom. The van der Waals surface area contributed by atoms with Gasteiger partial charge in [-0.3, -0.25) is 43.2 Å². The van der Waals surface area contributed by atoms with Crippen LogP contribution in [0.4, 0.5) is 13.2 Å². The molecule has 3 aliphatic heterocycles. The van der Waals surface area contributed by atoms with Crippen LogP contribution in [0, 0.1) is 53.0 Å². The van der Waals surface area contributed by atoms with Crippen LogP contribution in [0.3, 0.4) is 0 Å². The number of carboxylic acids is 3. The van der Waals surface area contributed by atoms with Gasteiger partial charge in [-0.15, -0.1) is 0 Å². The Hall–Kier alpha value is -10.6. The molecule has 33 heteroatoms. The lowest BCUT2D eigenvalue weighted by Crippen LogP contribution is -2.63. The van der Waals surface area contributed by atoms with Gasteiger partial charge in [0, 0.05) is 110 Å². The summed E-state index contributed by atoms with van der Waals surface area (Å²) in [6.45, 7) is 33.3. The zero-order valence-electron chi connectivity index (χ0n) is 72.6. The van der Waals surface area contributed by atoms with Crippen molar-refractivity contribution in [1.82, 2.24) is 73.2 Å². The molecule has 9 heterocycles. The van der Waals surface area contributed by atoms with Crippen molar-refractivity contribution in [3.8, 4) is 33.8 Å². The number of carbonyl (C=O) groups is 9. The van der Waals surface area contributed by atoms with Gasteiger partial charge in [-0.1, -0.05) is 97.1 Å². The fourth-order valence-electron chi connectivity index (χ4n) is 17.8. The molecular weight excluding hydrogens is 1660 g/mol. The molecule has 6 aliphatic rings. The van der Waals surface area contributed by atoms with Gasteiger partial charge in [0.25, 0.3) is 17.7 Å². The van der Waals surface area contributed by atoms with Gasteiger partial charge in [0.1, 0.15) is 34.5 Å². The quantitative estimate of drug-likeness (QED) is 0.102. The van der Waals surface area contributed by atoms with E-state index in [0.717, 1.165) is 16.7 Å². The first-order valence-corrected chi connectivity index (χ1v) is 43.2. The lowest BCUT2D eigenvalue weighted by Gasteiger charge is -2.48. The van der Waals surface area contributed by atoms with Crippen LogP contribution < -0.4 is 0 Å². The molecule has 0 unspecified atom stereocenters. The number of hydrogen-bond acceptors (Lipinski definition) is 15. The molecule has 6 aromatic heterocycles.